The third kappa shape index (κ3) is 4.31. The zero-order valence-corrected chi connectivity index (χ0v) is 26.3. The topological polar surface area (TPSA) is 38.7 Å². The zero-order valence-electron chi connectivity index (χ0n) is 26.3. The highest BCUT2D eigenvalue weighted by atomic mass is 14.9. The Hall–Kier alpha value is -5.93. The number of benzene rings is 6. The lowest BCUT2D eigenvalue weighted by molar-refractivity contribution is 0.662. The van der Waals surface area contributed by atoms with E-state index in [9.17, 15) is 0 Å². The minimum absolute atomic E-state index is 0.151. The van der Waals surface area contributed by atoms with Crippen molar-refractivity contribution in [2.45, 2.75) is 19.3 Å². The molecule has 1 aliphatic rings. The van der Waals surface area contributed by atoms with Crippen LogP contribution in [0.5, 0.6) is 0 Å². The van der Waals surface area contributed by atoms with Crippen LogP contribution in [0.4, 0.5) is 0 Å². The highest BCUT2D eigenvalue weighted by molar-refractivity contribution is 6.08. The van der Waals surface area contributed by atoms with Gasteiger partial charge < -0.3 is 0 Å². The van der Waals surface area contributed by atoms with E-state index in [1.165, 1.54) is 54.9 Å². The van der Waals surface area contributed by atoms with Crippen LogP contribution in [0.1, 0.15) is 25.0 Å². The predicted octanol–water partition coefficient (Wildman–Crippen LogP) is 11.2. The molecule has 2 aromatic heterocycles. The van der Waals surface area contributed by atoms with Crippen molar-refractivity contribution >= 4 is 21.5 Å². The fourth-order valence-corrected chi connectivity index (χ4v) is 7.61. The standard InChI is InChI=1S/C44H31N3/c1-44(2)38-22-19-28-11-6-7-14-31(28)41(38)37-18-10-17-36(42(37)44)34-20-21-35(33-16-9-8-15-32(33)34)40-27-39(29-23-25-45-26-24-29)46-43(47-40)30-12-4-3-5-13-30/h3-27H,1-2H3. The molecule has 0 saturated carbocycles. The van der Waals surface area contributed by atoms with Gasteiger partial charge in [0.1, 0.15) is 0 Å². The van der Waals surface area contributed by atoms with E-state index in [1.807, 2.05) is 42.7 Å². The Morgan fingerprint density at radius 3 is 1.94 bits per heavy atom. The van der Waals surface area contributed by atoms with Gasteiger partial charge in [-0.1, -0.05) is 135 Å². The van der Waals surface area contributed by atoms with Crippen LogP contribution < -0.4 is 0 Å². The Labute approximate surface area is 274 Å². The van der Waals surface area contributed by atoms with Gasteiger partial charge in [-0.3, -0.25) is 4.98 Å². The largest absolute Gasteiger partial charge is 0.265 e. The van der Waals surface area contributed by atoms with Crippen molar-refractivity contribution in [2.24, 2.45) is 0 Å². The highest BCUT2D eigenvalue weighted by Crippen LogP contribution is 2.55. The predicted molar refractivity (Wildman–Crippen MR) is 194 cm³/mol. The van der Waals surface area contributed by atoms with E-state index in [4.69, 9.17) is 9.97 Å². The molecule has 9 rings (SSSR count). The van der Waals surface area contributed by atoms with Crippen LogP contribution in [0.3, 0.4) is 0 Å². The fraction of sp³-hybridized carbons (Fsp3) is 0.0682. The molecule has 2 heterocycles. The lowest BCUT2D eigenvalue weighted by Gasteiger charge is -2.25. The molecule has 0 fully saturated rings. The van der Waals surface area contributed by atoms with Crippen molar-refractivity contribution in [3.63, 3.8) is 0 Å². The van der Waals surface area contributed by atoms with Gasteiger partial charge in [0.25, 0.3) is 0 Å². The highest BCUT2D eigenvalue weighted by Gasteiger charge is 2.38. The van der Waals surface area contributed by atoms with Crippen LogP contribution in [0.25, 0.3) is 77.7 Å². The zero-order chi connectivity index (χ0) is 31.5. The number of hydrogen-bond donors (Lipinski definition) is 0. The Morgan fingerprint density at radius 1 is 0.468 bits per heavy atom. The second kappa shape index (κ2) is 10.6. The molecule has 6 aromatic carbocycles. The van der Waals surface area contributed by atoms with Gasteiger partial charge in [-0.05, 0) is 73.1 Å². The third-order valence-electron chi connectivity index (χ3n) is 9.79. The molecule has 222 valence electrons. The summed E-state index contributed by atoms with van der Waals surface area (Å²) in [7, 11) is 0. The average Bonchev–Trinajstić information content (AvgIpc) is 3.38. The van der Waals surface area contributed by atoms with Crippen LogP contribution in [0.2, 0.25) is 0 Å². The molecule has 0 aliphatic heterocycles. The second-order valence-electron chi connectivity index (χ2n) is 12.8. The molecule has 0 amide bonds. The molecule has 8 aromatic rings. The van der Waals surface area contributed by atoms with E-state index in [-0.39, 0.29) is 5.41 Å². The van der Waals surface area contributed by atoms with Crippen LogP contribution in [0.15, 0.2) is 152 Å². The smallest absolute Gasteiger partial charge is 0.160 e. The fourth-order valence-electron chi connectivity index (χ4n) is 7.61. The van der Waals surface area contributed by atoms with Crippen molar-refractivity contribution < 1.29 is 0 Å². The molecule has 0 unspecified atom stereocenters. The van der Waals surface area contributed by atoms with Crippen molar-refractivity contribution in [3.8, 4) is 56.2 Å². The second-order valence-corrected chi connectivity index (χ2v) is 12.8. The Kier molecular flexibility index (Phi) is 6.16. The van der Waals surface area contributed by atoms with Crippen molar-refractivity contribution in [3.05, 3.63) is 163 Å². The average molecular weight is 602 g/mol. The van der Waals surface area contributed by atoms with Crippen LogP contribution in [-0.4, -0.2) is 15.0 Å². The number of hydrogen-bond acceptors (Lipinski definition) is 3. The summed E-state index contributed by atoms with van der Waals surface area (Å²) < 4.78 is 0. The van der Waals surface area contributed by atoms with E-state index < -0.39 is 0 Å². The number of fused-ring (bicyclic) bond motifs is 6. The molecule has 1 aliphatic carbocycles. The van der Waals surface area contributed by atoms with E-state index in [2.05, 4.69) is 128 Å². The summed E-state index contributed by atoms with van der Waals surface area (Å²) in [4.78, 5) is 14.4. The SMILES string of the molecule is CC1(C)c2ccc3ccccc3c2-c2cccc(-c3ccc(-c4cc(-c5ccncc5)nc(-c5ccccc5)n4)c4ccccc34)c21. The van der Waals surface area contributed by atoms with Gasteiger partial charge in [0, 0.05) is 34.5 Å². The summed E-state index contributed by atoms with van der Waals surface area (Å²) >= 11 is 0. The minimum atomic E-state index is -0.151. The van der Waals surface area contributed by atoms with Crippen LogP contribution >= 0.6 is 0 Å². The van der Waals surface area contributed by atoms with Crippen LogP contribution in [-0.2, 0) is 5.41 Å². The molecule has 0 saturated heterocycles. The summed E-state index contributed by atoms with van der Waals surface area (Å²) in [5, 5.41) is 4.97. The first-order valence-corrected chi connectivity index (χ1v) is 16.1. The summed E-state index contributed by atoms with van der Waals surface area (Å²) in [6, 6.07) is 49.8. The number of nitrogens with zero attached hydrogens (tertiary/aromatic N) is 3. The van der Waals surface area contributed by atoms with Gasteiger partial charge in [0.15, 0.2) is 5.82 Å². The van der Waals surface area contributed by atoms with Gasteiger partial charge >= 0.3 is 0 Å². The maximum Gasteiger partial charge on any atom is 0.160 e. The van der Waals surface area contributed by atoms with Gasteiger partial charge in [-0.15, -0.1) is 0 Å². The maximum absolute atomic E-state index is 5.16. The van der Waals surface area contributed by atoms with Gasteiger partial charge in [0.05, 0.1) is 11.4 Å². The third-order valence-corrected chi connectivity index (χ3v) is 9.79. The molecule has 0 N–H and O–H groups in total. The maximum atomic E-state index is 5.16. The number of aromatic nitrogens is 3. The summed E-state index contributed by atoms with van der Waals surface area (Å²) in [5.41, 5.74) is 12.7. The van der Waals surface area contributed by atoms with Crippen LogP contribution in [0, 0.1) is 0 Å². The molecule has 0 radical (unpaired) electrons. The van der Waals surface area contributed by atoms with Gasteiger partial charge in [0.2, 0.25) is 0 Å². The normalized spacial score (nSPS) is 13.1. The number of pyridine rings is 1. The summed E-state index contributed by atoms with van der Waals surface area (Å²) in [6.45, 7) is 4.75. The summed E-state index contributed by atoms with van der Waals surface area (Å²) in [6.07, 6.45) is 3.62. The van der Waals surface area contributed by atoms with E-state index in [0.717, 1.165) is 28.1 Å². The first-order valence-electron chi connectivity index (χ1n) is 16.1. The molecule has 3 heteroatoms. The minimum Gasteiger partial charge on any atom is -0.265 e. The van der Waals surface area contributed by atoms with Gasteiger partial charge in [-0.25, -0.2) is 9.97 Å². The first-order chi connectivity index (χ1) is 23.1. The van der Waals surface area contributed by atoms with E-state index >= 15 is 0 Å². The molecule has 47 heavy (non-hydrogen) atoms. The number of rotatable bonds is 4. The van der Waals surface area contributed by atoms with Crippen molar-refractivity contribution in [1.29, 1.82) is 0 Å². The first kappa shape index (κ1) is 27.4. The Morgan fingerprint density at radius 2 is 1.13 bits per heavy atom. The molecule has 0 bridgehead atoms. The lowest BCUT2D eigenvalue weighted by Crippen LogP contribution is -2.16. The Balaban J connectivity index is 1.27. The molecule has 0 spiro atoms. The van der Waals surface area contributed by atoms with Gasteiger partial charge in [-0.2, -0.15) is 0 Å². The summed E-state index contributed by atoms with van der Waals surface area (Å²) in [5.74, 6) is 0.704. The molecular weight excluding hydrogens is 571 g/mol. The Bertz CT molecular complexity index is 2420. The van der Waals surface area contributed by atoms with E-state index in [0.29, 0.717) is 5.82 Å². The molecular formula is C44H31N3. The van der Waals surface area contributed by atoms with E-state index in [1.54, 1.807) is 0 Å². The lowest BCUT2D eigenvalue weighted by atomic mass is 9.78. The molecule has 0 atom stereocenters. The quantitative estimate of drug-likeness (QED) is 0.201. The molecule has 3 nitrogen and oxygen atoms in total. The monoisotopic (exact) mass is 601 g/mol. The van der Waals surface area contributed by atoms with Crippen molar-refractivity contribution in [1.82, 2.24) is 15.0 Å². The van der Waals surface area contributed by atoms with Crippen molar-refractivity contribution in [2.75, 3.05) is 0 Å².